The maximum absolute atomic E-state index is 12.3. The van der Waals surface area contributed by atoms with Gasteiger partial charge in [0.1, 0.15) is 0 Å². The van der Waals surface area contributed by atoms with Crippen LogP contribution in [0.4, 0.5) is 0 Å². The summed E-state index contributed by atoms with van der Waals surface area (Å²) in [6, 6.07) is 9.92. The first-order valence-electron chi connectivity index (χ1n) is 6.87. The molecular weight excluding hydrogens is 318 g/mol. The van der Waals surface area contributed by atoms with Gasteiger partial charge in [0.25, 0.3) is 0 Å². The Labute approximate surface area is 135 Å². The van der Waals surface area contributed by atoms with Gasteiger partial charge in [0, 0.05) is 22.4 Å². The van der Waals surface area contributed by atoms with E-state index in [1.54, 1.807) is 11.3 Å². The third kappa shape index (κ3) is 3.82. The largest absolute Gasteiger partial charge is 0.295 e. The number of nitrogens with one attached hydrogen (secondary N) is 1. The third-order valence-corrected chi connectivity index (χ3v) is 6.12. The smallest absolute Gasteiger partial charge is 0.240 e. The van der Waals surface area contributed by atoms with Crippen molar-refractivity contribution in [1.29, 1.82) is 0 Å². The van der Waals surface area contributed by atoms with Gasteiger partial charge < -0.3 is 0 Å². The first-order valence-corrected chi connectivity index (χ1v) is 9.23. The van der Waals surface area contributed by atoms with Crippen LogP contribution in [0.2, 0.25) is 0 Å². The lowest BCUT2D eigenvalue weighted by molar-refractivity contribution is 0.101. The molecule has 0 aliphatic heterocycles. The predicted octanol–water partition coefficient (Wildman–Crippen LogP) is 3.21. The van der Waals surface area contributed by atoms with Crippen molar-refractivity contribution < 1.29 is 13.2 Å². The second-order valence-corrected chi connectivity index (χ2v) is 8.48. The van der Waals surface area contributed by atoms with Crippen LogP contribution in [0.5, 0.6) is 0 Å². The molecule has 6 heteroatoms. The van der Waals surface area contributed by atoms with Crippen molar-refractivity contribution in [2.24, 2.45) is 0 Å². The molecule has 1 N–H and O–H groups in total. The number of carbonyl (C=O) groups is 1. The van der Waals surface area contributed by atoms with Crippen LogP contribution in [0.25, 0.3) is 0 Å². The van der Waals surface area contributed by atoms with Crippen LogP contribution in [0.15, 0.2) is 46.7 Å². The van der Waals surface area contributed by atoms with Crippen LogP contribution >= 0.6 is 11.3 Å². The number of rotatable bonds is 6. The van der Waals surface area contributed by atoms with Crippen LogP contribution in [0, 0.1) is 0 Å². The number of carbonyl (C=O) groups excluding carboxylic acids is 1. The molecule has 1 heterocycles. The molecule has 0 unspecified atom stereocenters. The van der Waals surface area contributed by atoms with E-state index < -0.39 is 10.0 Å². The molecule has 0 aliphatic carbocycles. The molecule has 22 heavy (non-hydrogen) atoms. The van der Waals surface area contributed by atoms with Gasteiger partial charge in [-0.25, -0.2) is 13.1 Å². The summed E-state index contributed by atoms with van der Waals surface area (Å²) in [4.78, 5) is 12.5. The zero-order valence-electron chi connectivity index (χ0n) is 12.8. The van der Waals surface area contributed by atoms with Crippen LogP contribution < -0.4 is 4.72 Å². The van der Waals surface area contributed by atoms with Gasteiger partial charge in [-0.05, 0) is 30.5 Å². The number of benzene rings is 1. The zero-order valence-corrected chi connectivity index (χ0v) is 14.4. The van der Waals surface area contributed by atoms with Crippen molar-refractivity contribution in [2.45, 2.75) is 31.1 Å². The first kappa shape index (κ1) is 16.9. The normalized spacial score (nSPS) is 12.3. The summed E-state index contributed by atoms with van der Waals surface area (Å²) in [5.74, 6) is -0.0873. The number of thiophene rings is 1. The highest BCUT2D eigenvalue weighted by molar-refractivity contribution is 7.89. The predicted molar refractivity (Wildman–Crippen MR) is 89.0 cm³/mol. The van der Waals surface area contributed by atoms with Gasteiger partial charge >= 0.3 is 0 Å². The summed E-state index contributed by atoms with van der Waals surface area (Å²) in [6.07, 6.45) is 0. The van der Waals surface area contributed by atoms with Gasteiger partial charge in [0.05, 0.1) is 4.90 Å². The van der Waals surface area contributed by atoms with Crippen molar-refractivity contribution in [1.82, 2.24) is 4.72 Å². The second-order valence-electron chi connectivity index (χ2n) is 5.77. The molecule has 0 bridgehead atoms. The van der Waals surface area contributed by atoms with Gasteiger partial charge in [-0.1, -0.05) is 32.0 Å². The Bertz CT molecular complexity index is 745. The van der Waals surface area contributed by atoms with Gasteiger partial charge in [-0.15, -0.1) is 11.3 Å². The van der Waals surface area contributed by atoms with Crippen molar-refractivity contribution in [3.63, 3.8) is 0 Å². The lowest BCUT2D eigenvalue weighted by Gasteiger charge is -2.23. The van der Waals surface area contributed by atoms with E-state index >= 15 is 0 Å². The highest BCUT2D eigenvalue weighted by Gasteiger charge is 2.25. The number of hydrogen-bond donors (Lipinski definition) is 1. The van der Waals surface area contributed by atoms with Crippen molar-refractivity contribution in [2.75, 3.05) is 6.54 Å². The number of hydrogen-bond acceptors (Lipinski definition) is 4. The van der Waals surface area contributed by atoms with E-state index in [-0.39, 0.29) is 16.1 Å². The minimum absolute atomic E-state index is 0.0873. The molecule has 0 radical (unpaired) electrons. The molecule has 0 atom stereocenters. The fourth-order valence-electron chi connectivity index (χ4n) is 1.98. The maximum atomic E-state index is 12.3. The molecular formula is C16H19NO3S2. The molecule has 0 saturated carbocycles. The highest BCUT2D eigenvalue weighted by Crippen LogP contribution is 2.27. The Morgan fingerprint density at radius 2 is 1.82 bits per heavy atom. The van der Waals surface area contributed by atoms with Gasteiger partial charge in [0.2, 0.25) is 10.0 Å². The van der Waals surface area contributed by atoms with Gasteiger partial charge in [-0.3, -0.25) is 4.79 Å². The van der Waals surface area contributed by atoms with Crippen LogP contribution in [0.3, 0.4) is 0 Å². The molecule has 0 spiro atoms. The Morgan fingerprint density at radius 3 is 2.32 bits per heavy atom. The Morgan fingerprint density at radius 1 is 1.18 bits per heavy atom. The fourth-order valence-corrected chi connectivity index (χ4v) is 4.04. The number of sulfonamides is 1. The number of ketones is 1. The third-order valence-electron chi connectivity index (χ3n) is 3.46. The first-order chi connectivity index (χ1) is 10.2. The molecule has 0 saturated heterocycles. The quantitative estimate of drug-likeness (QED) is 0.823. The van der Waals surface area contributed by atoms with E-state index in [1.165, 1.54) is 31.2 Å². The lowest BCUT2D eigenvalue weighted by Crippen LogP contribution is -2.36. The summed E-state index contributed by atoms with van der Waals surface area (Å²) < 4.78 is 27.3. The molecule has 1 aromatic carbocycles. The standard InChI is InChI=1S/C16H19NO3S2/c1-12(18)13-6-8-14(9-7-13)22(19,20)17-11-16(2,3)15-5-4-10-21-15/h4-10,17H,11H2,1-3H3. The molecule has 118 valence electrons. The van der Waals surface area contributed by atoms with Crippen LogP contribution in [-0.4, -0.2) is 20.7 Å². The maximum Gasteiger partial charge on any atom is 0.240 e. The average molecular weight is 337 g/mol. The topological polar surface area (TPSA) is 63.2 Å². The van der Waals surface area contributed by atoms with Gasteiger partial charge in [-0.2, -0.15) is 0 Å². The number of Topliss-reactive ketones (excluding diaryl/α,β-unsaturated/α-hetero) is 1. The van der Waals surface area contributed by atoms with Crippen LogP contribution in [0.1, 0.15) is 36.0 Å². The van der Waals surface area contributed by atoms with E-state index in [9.17, 15) is 13.2 Å². The van der Waals surface area contributed by atoms with E-state index in [2.05, 4.69) is 4.72 Å². The lowest BCUT2D eigenvalue weighted by atomic mass is 9.92. The van der Waals surface area contributed by atoms with E-state index in [0.29, 0.717) is 12.1 Å². The Kier molecular flexibility index (Phi) is 4.84. The molecule has 0 fully saturated rings. The van der Waals surface area contributed by atoms with E-state index in [0.717, 1.165) is 4.88 Å². The minimum Gasteiger partial charge on any atom is -0.295 e. The Balaban J connectivity index is 2.13. The second kappa shape index (κ2) is 6.32. The van der Waals surface area contributed by atoms with Crippen molar-refractivity contribution in [3.05, 3.63) is 52.2 Å². The molecule has 0 aliphatic rings. The van der Waals surface area contributed by atoms with Crippen LogP contribution in [-0.2, 0) is 15.4 Å². The van der Waals surface area contributed by atoms with Crippen molar-refractivity contribution >= 4 is 27.1 Å². The van der Waals surface area contributed by atoms with Crippen molar-refractivity contribution in [3.8, 4) is 0 Å². The molecule has 0 amide bonds. The summed E-state index contributed by atoms with van der Waals surface area (Å²) in [6.45, 7) is 5.76. The fraction of sp³-hybridized carbons (Fsp3) is 0.312. The Hall–Kier alpha value is -1.50. The summed E-state index contributed by atoms with van der Waals surface area (Å²) >= 11 is 1.61. The monoisotopic (exact) mass is 337 g/mol. The summed E-state index contributed by atoms with van der Waals surface area (Å²) in [7, 11) is -3.58. The minimum atomic E-state index is -3.58. The van der Waals surface area contributed by atoms with E-state index in [1.807, 2.05) is 31.4 Å². The summed E-state index contributed by atoms with van der Waals surface area (Å²) in [5, 5.41) is 1.98. The highest BCUT2D eigenvalue weighted by atomic mass is 32.2. The molecule has 1 aromatic heterocycles. The average Bonchev–Trinajstić information content (AvgIpc) is 3.00. The molecule has 2 aromatic rings. The zero-order chi connectivity index (χ0) is 16.4. The molecule has 2 rings (SSSR count). The van der Waals surface area contributed by atoms with E-state index in [4.69, 9.17) is 0 Å². The SMILES string of the molecule is CC(=O)c1ccc(S(=O)(=O)NCC(C)(C)c2cccs2)cc1. The summed E-state index contributed by atoms with van der Waals surface area (Å²) in [5.41, 5.74) is 0.221. The molecule has 4 nitrogen and oxygen atoms in total. The van der Waals surface area contributed by atoms with Gasteiger partial charge in [0.15, 0.2) is 5.78 Å².